The molecule has 0 spiro atoms. The number of hydrogen-bond donors (Lipinski definition) is 2. The molecule has 0 bridgehead atoms. The lowest BCUT2D eigenvalue weighted by atomic mass is 10.1. The summed E-state index contributed by atoms with van der Waals surface area (Å²) in [5.41, 5.74) is 3.36. The van der Waals surface area contributed by atoms with Crippen molar-refractivity contribution in [1.82, 2.24) is 10.6 Å². The second-order valence-corrected chi connectivity index (χ2v) is 5.46. The SMILES string of the molecule is Cc1ccc(C)c(OCNC(=O)NCC2CCCO2)c1C. The first-order valence-electron chi connectivity index (χ1n) is 7.41. The highest BCUT2D eigenvalue weighted by Gasteiger charge is 2.16. The van der Waals surface area contributed by atoms with Crippen molar-refractivity contribution in [1.29, 1.82) is 0 Å². The first-order valence-corrected chi connectivity index (χ1v) is 7.41. The van der Waals surface area contributed by atoms with E-state index in [9.17, 15) is 4.79 Å². The first-order chi connectivity index (χ1) is 10.1. The van der Waals surface area contributed by atoms with Crippen LogP contribution in [0.5, 0.6) is 5.75 Å². The third-order valence-corrected chi connectivity index (χ3v) is 3.84. The summed E-state index contributed by atoms with van der Waals surface area (Å²) < 4.78 is 11.1. The number of carbonyl (C=O) groups is 1. The maximum absolute atomic E-state index is 11.7. The highest BCUT2D eigenvalue weighted by Crippen LogP contribution is 2.25. The van der Waals surface area contributed by atoms with Gasteiger partial charge in [0.15, 0.2) is 6.73 Å². The molecule has 1 fully saturated rings. The van der Waals surface area contributed by atoms with Crippen LogP contribution in [0.1, 0.15) is 29.5 Å². The standard InChI is InChI=1S/C16H24N2O3/c1-11-6-7-12(2)15(13(11)3)21-10-18-16(19)17-9-14-5-4-8-20-14/h6-7,14H,4-5,8-10H2,1-3H3,(H2,17,18,19). The molecule has 1 unspecified atom stereocenters. The molecule has 0 saturated carbocycles. The molecular formula is C16H24N2O3. The zero-order valence-electron chi connectivity index (χ0n) is 13.0. The van der Waals surface area contributed by atoms with Crippen molar-refractivity contribution in [2.75, 3.05) is 19.9 Å². The zero-order chi connectivity index (χ0) is 15.2. The van der Waals surface area contributed by atoms with Crippen molar-refractivity contribution in [3.63, 3.8) is 0 Å². The van der Waals surface area contributed by atoms with Crippen LogP contribution < -0.4 is 15.4 Å². The molecule has 0 radical (unpaired) electrons. The van der Waals surface area contributed by atoms with E-state index in [0.717, 1.165) is 36.3 Å². The predicted octanol–water partition coefficient (Wildman–Crippen LogP) is 2.43. The third kappa shape index (κ3) is 4.36. The van der Waals surface area contributed by atoms with Gasteiger partial charge in [0.25, 0.3) is 0 Å². The molecule has 1 atom stereocenters. The van der Waals surface area contributed by atoms with Gasteiger partial charge in [-0.1, -0.05) is 12.1 Å². The highest BCUT2D eigenvalue weighted by atomic mass is 16.5. The van der Waals surface area contributed by atoms with Crippen LogP contribution in [0.15, 0.2) is 12.1 Å². The molecule has 5 heteroatoms. The average Bonchev–Trinajstić information content (AvgIpc) is 2.98. The lowest BCUT2D eigenvalue weighted by Gasteiger charge is -2.15. The minimum atomic E-state index is -0.228. The van der Waals surface area contributed by atoms with Gasteiger partial charge in [-0.2, -0.15) is 0 Å². The van der Waals surface area contributed by atoms with Gasteiger partial charge in [0.05, 0.1) is 6.10 Å². The van der Waals surface area contributed by atoms with Gasteiger partial charge in [-0.05, 0) is 50.3 Å². The Morgan fingerprint density at radius 3 is 2.76 bits per heavy atom. The number of hydrogen-bond acceptors (Lipinski definition) is 3. The summed E-state index contributed by atoms with van der Waals surface area (Å²) in [5.74, 6) is 0.842. The zero-order valence-corrected chi connectivity index (χ0v) is 13.0. The number of rotatable bonds is 5. The number of ether oxygens (including phenoxy) is 2. The molecule has 1 aromatic rings. The van der Waals surface area contributed by atoms with E-state index in [1.807, 2.05) is 26.8 Å². The van der Waals surface area contributed by atoms with Crippen LogP contribution in [0.2, 0.25) is 0 Å². The van der Waals surface area contributed by atoms with Gasteiger partial charge in [-0.3, -0.25) is 0 Å². The molecule has 1 aromatic carbocycles. The van der Waals surface area contributed by atoms with Gasteiger partial charge in [0.1, 0.15) is 5.75 Å². The van der Waals surface area contributed by atoms with Gasteiger partial charge in [0, 0.05) is 13.2 Å². The second-order valence-electron chi connectivity index (χ2n) is 5.46. The summed E-state index contributed by atoms with van der Waals surface area (Å²) in [6, 6.07) is 3.86. The minimum absolute atomic E-state index is 0.151. The molecule has 116 valence electrons. The van der Waals surface area contributed by atoms with Gasteiger partial charge in [-0.15, -0.1) is 0 Å². The molecule has 2 amide bonds. The Morgan fingerprint density at radius 2 is 2.05 bits per heavy atom. The molecule has 2 rings (SSSR count). The Balaban J connectivity index is 1.73. The highest BCUT2D eigenvalue weighted by molar-refractivity contribution is 5.73. The number of urea groups is 1. The smallest absolute Gasteiger partial charge is 0.317 e. The Bertz CT molecular complexity index is 497. The van der Waals surface area contributed by atoms with Crippen LogP contribution in [0.25, 0.3) is 0 Å². The lowest BCUT2D eigenvalue weighted by Crippen LogP contribution is -2.41. The summed E-state index contributed by atoms with van der Waals surface area (Å²) in [6.45, 7) is 7.57. The molecule has 0 aliphatic carbocycles. The molecule has 1 aliphatic rings. The maximum Gasteiger partial charge on any atom is 0.317 e. The fourth-order valence-electron chi connectivity index (χ4n) is 2.40. The Kier molecular flexibility index (Phi) is 5.44. The summed E-state index contributed by atoms with van der Waals surface area (Å²) >= 11 is 0. The van der Waals surface area contributed by atoms with E-state index in [1.165, 1.54) is 5.56 Å². The van der Waals surface area contributed by atoms with Crippen molar-refractivity contribution >= 4 is 6.03 Å². The molecule has 1 saturated heterocycles. The van der Waals surface area contributed by atoms with E-state index in [2.05, 4.69) is 16.7 Å². The van der Waals surface area contributed by atoms with Crippen molar-refractivity contribution in [3.05, 3.63) is 28.8 Å². The number of benzene rings is 1. The largest absolute Gasteiger partial charge is 0.473 e. The van der Waals surface area contributed by atoms with Gasteiger partial charge in [-0.25, -0.2) is 4.79 Å². The fraction of sp³-hybridized carbons (Fsp3) is 0.562. The van der Waals surface area contributed by atoms with E-state index in [4.69, 9.17) is 9.47 Å². The Labute approximate surface area is 126 Å². The van der Waals surface area contributed by atoms with E-state index in [0.29, 0.717) is 6.54 Å². The lowest BCUT2D eigenvalue weighted by molar-refractivity contribution is 0.111. The van der Waals surface area contributed by atoms with Crippen LogP contribution in [0.4, 0.5) is 4.79 Å². The van der Waals surface area contributed by atoms with Crippen LogP contribution in [-0.4, -0.2) is 32.0 Å². The van der Waals surface area contributed by atoms with Gasteiger partial charge in [0.2, 0.25) is 0 Å². The van der Waals surface area contributed by atoms with E-state index in [1.54, 1.807) is 0 Å². The number of amides is 2. The van der Waals surface area contributed by atoms with Crippen LogP contribution in [0, 0.1) is 20.8 Å². The van der Waals surface area contributed by atoms with Crippen molar-refractivity contribution < 1.29 is 14.3 Å². The topological polar surface area (TPSA) is 59.6 Å². The molecule has 21 heavy (non-hydrogen) atoms. The van der Waals surface area contributed by atoms with Gasteiger partial charge >= 0.3 is 6.03 Å². The average molecular weight is 292 g/mol. The minimum Gasteiger partial charge on any atom is -0.473 e. The maximum atomic E-state index is 11.7. The second kappa shape index (κ2) is 7.31. The summed E-state index contributed by atoms with van der Waals surface area (Å²) in [4.78, 5) is 11.7. The molecule has 0 aromatic heterocycles. The molecule has 2 N–H and O–H groups in total. The third-order valence-electron chi connectivity index (χ3n) is 3.84. The quantitative estimate of drug-likeness (QED) is 0.819. The van der Waals surface area contributed by atoms with Crippen molar-refractivity contribution in [3.8, 4) is 5.75 Å². The fourth-order valence-corrected chi connectivity index (χ4v) is 2.40. The number of aryl methyl sites for hydroxylation is 2. The summed E-state index contributed by atoms with van der Waals surface area (Å²) in [5, 5.41) is 5.50. The van der Waals surface area contributed by atoms with Gasteiger partial charge < -0.3 is 20.1 Å². The Morgan fingerprint density at radius 1 is 1.29 bits per heavy atom. The summed E-state index contributed by atoms with van der Waals surface area (Å²) in [6.07, 6.45) is 2.24. The molecular weight excluding hydrogens is 268 g/mol. The number of nitrogens with one attached hydrogen (secondary N) is 2. The molecule has 5 nitrogen and oxygen atoms in total. The first kappa shape index (κ1) is 15.6. The normalized spacial score (nSPS) is 17.6. The van der Waals surface area contributed by atoms with Crippen LogP contribution in [-0.2, 0) is 4.74 Å². The Hall–Kier alpha value is -1.75. The molecule has 1 aliphatic heterocycles. The van der Waals surface area contributed by atoms with Crippen LogP contribution >= 0.6 is 0 Å². The van der Waals surface area contributed by atoms with Crippen molar-refractivity contribution in [2.45, 2.75) is 39.7 Å². The molecule has 1 heterocycles. The van der Waals surface area contributed by atoms with E-state index >= 15 is 0 Å². The van der Waals surface area contributed by atoms with E-state index in [-0.39, 0.29) is 18.9 Å². The number of carbonyl (C=O) groups excluding carboxylic acids is 1. The van der Waals surface area contributed by atoms with Crippen molar-refractivity contribution in [2.24, 2.45) is 0 Å². The summed E-state index contributed by atoms with van der Waals surface area (Å²) in [7, 11) is 0. The van der Waals surface area contributed by atoms with Crippen LogP contribution in [0.3, 0.4) is 0 Å². The van der Waals surface area contributed by atoms with E-state index < -0.39 is 0 Å². The monoisotopic (exact) mass is 292 g/mol. The predicted molar refractivity (Wildman–Crippen MR) is 81.7 cm³/mol.